The van der Waals surface area contributed by atoms with E-state index in [2.05, 4.69) is 15.6 Å². The number of piperidine rings is 1. The van der Waals surface area contributed by atoms with Crippen molar-refractivity contribution in [3.05, 3.63) is 54.9 Å². The molecule has 1 saturated heterocycles. The first-order valence-electron chi connectivity index (χ1n) is 9.12. The Balaban J connectivity index is 1.42. The number of methoxy groups -OCH3 is 1. The zero-order chi connectivity index (χ0) is 18.9. The van der Waals surface area contributed by atoms with E-state index >= 15 is 0 Å². The topological polar surface area (TPSA) is 64.4 Å². The molecule has 0 atom stereocenters. The van der Waals surface area contributed by atoms with Gasteiger partial charge in [-0.05, 0) is 55.2 Å². The quantitative estimate of drug-likeness (QED) is 0.677. The lowest BCUT2D eigenvalue weighted by atomic mass is 9.98. The zero-order valence-electron chi connectivity index (χ0n) is 15.3. The Morgan fingerprint density at radius 2 is 1.78 bits per heavy atom. The molecule has 1 aliphatic heterocycles. The second-order valence-corrected chi connectivity index (χ2v) is 8.85. The summed E-state index contributed by atoms with van der Waals surface area (Å²) in [7, 11) is -1.88. The highest BCUT2D eigenvalue weighted by molar-refractivity contribution is 7.89. The van der Waals surface area contributed by atoms with Crippen molar-refractivity contribution in [1.82, 2.24) is 13.9 Å². The number of rotatable bonds is 5. The van der Waals surface area contributed by atoms with Crippen LogP contribution in [0, 0.1) is 5.92 Å². The molecule has 27 heavy (non-hydrogen) atoms. The van der Waals surface area contributed by atoms with Crippen molar-refractivity contribution in [2.24, 2.45) is 5.92 Å². The largest absolute Gasteiger partial charge is 0.497 e. The van der Waals surface area contributed by atoms with E-state index < -0.39 is 10.0 Å². The monoisotopic (exact) mass is 385 g/mol. The van der Waals surface area contributed by atoms with Gasteiger partial charge in [-0.2, -0.15) is 4.31 Å². The van der Waals surface area contributed by atoms with Gasteiger partial charge in [-0.15, -0.1) is 0 Å². The van der Waals surface area contributed by atoms with Gasteiger partial charge >= 0.3 is 0 Å². The highest BCUT2D eigenvalue weighted by atomic mass is 32.2. The molecule has 1 aliphatic rings. The molecule has 4 rings (SSSR count). The lowest BCUT2D eigenvalue weighted by molar-refractivity contribution is 0.254. The fraction of sp³-hybridized carbons (Fsp3) is 0.350. The molecule has 6 nitrogen and oxygen atoms in total. The van der Waals surface area contributed by atoms with Gasteiger partial charge in [0.2, 0.25) is 10.0 Å². The van der Waals surface area contributed by atoms with E-state index in [1.54, 1.807) is 35.7 Å². The van der Waals surface area contributed by atoms with Crippen molar-refractivity contribution in [1.29, 1.82) is 0 Å². The Morgan fingerprint density at radius 3 is 2.48 bits per heavy atom. The van der Waals surface area contributed by atoms with E-state index in [1.165, 1.54) is 0 Å². The van der Waals surface area contributed by atoms with Gasteiger partial charge in [-0.3, -0.25) is 0 Å². The minimum atomic E-state index is -3.45. The number of hydrogen-bond acceptors (Lipinski definition) is 4. The van der Waals surface area contributed by atoms with Gasteiger partial charge in [0, 0.05) is 19.6 Å². The number of nitrogens with zero attached hydrogens (tertiary/aromatic N) is 3. The van der Waals surface area contributed by atoms with E-state index in [0.29, 0.717) is 29.7 Å². The molecule has 2 aromatic carbocycles. The van der Waals surface area contributed by atoms with Crippen molar-refractivity contribution in [3.8, 4) is 5.75 Å². The summed E-state index contributed by atoms with van der Waals surface area (Å²) in [6.45, 7) is 1.97. The average Bonchev–Trinajstić information content (AvgIpc) is 3.11. The molecule has 142 valence electrons. The first-order chi connectivity index (χ1) is 13.1. The summed E-state index contributed by atoms with van der Waals surface area (Å²) in [4.78, 5) is 4.76. The van der Waals surface area contributed by atoms with Crippen LogP contribution in [-0.4, -0.2) is 42.5 Å². The van der Waals surface area contributed by atoms with E-state index in [1.807, 2.05) is 24.5 Å². The summed E-state index contributed by atoms with van der Waals surface area (Å²) < 4.78 is 34.6. The second kappa shape index (κ2) is 7.32. The molecular formula is C20H23N3O3S. The smallest absolute Gasteiger partial charge is 0.243 e. The van der Waals surface area contributed by atoms with E-state index in [0.717, 1.165) is 30.4 Å². The molecule has 0 aliphatic carbocycles. The first-order valence-corrected chi connectivity index (χ1v) is 10.6. The number of ether oxygens (including phenoxy) is 1. The third-order valence-electron chi connectivity index (χ3n) is 5.25. The molecule has 0 amide bonds. The summed E-state index contributed by atoms with van der Waals surface area (Å²) in [5, 5.41) is 0. The Bertz CT molecular complexity index is 1020. The molecule has 1 aromatic heterocycles. The highest BCUT2D eigenvalue weighted by Gasteiger charge is 2.29. The highest BCUT2D eigenvalue weighted by Crippen LogP contribution is 2.26. The normalized spacial score (nSPS) is 16.6. The maximum atomic E-state index is 12.9. The van der Waals surface area contributed by atoms with Crippen LogP contribution < -0.4 is 4.74 Å². The molecular weight excluding hydrogens is 362 g/mol. The molecule has 1 fully saturated rings. The number of fused-ring (bicyclic) bond motifs is 1. The summed E-state index contributed by atoms with van der Waals surface area (Å²) in [6, 6.07) is 14.7. The standard InChI is InChI=1S/C20H23N3O3S/c1-26-17-6-8-18(9-7-17)27(24,25)23-12-10-16(11-13-23)14-22-15-21-19-4-2-3-5-20(19)22/h2-9,15-16H,10-14H2,1H3. The Kier molecular flexibility index (Phi) is 4.88. The van der Waals surface area contributed by atoms with Gasteiger partial charge in [0.1, 0.15) is 5.75 Å². The molecule has 2 heterocycles. The average molecular weight is 385 g/mol. The molecule has 3 aromatic rings. The molecule has 0 bridgehead atoms. The maximum Gasteiger partial charge on any atom is 0.243 e. The molecule has 0 saturated carbocycles. The summed E-state index contributed by atoms with van der Waals surface area (Å²) in [5.41, 5.74) is 2.13. The van der Waals surface area contributed by atoms with Gasteiger partial charge < -0.3 is 9.30 Å². The van der Waals surface area contributed by atoms with Crippen molar-refractivity contribution < 1.29 is 13.2 Å². The second-order valence-electron chi connectivity index (χ2n) is 6.91. The zero-order valence-corrected chi connectivity index (χ0v) is 16.1. The van der Waals surface area contributed by atoms with E-state index in [4.69, 9.17) is 4.74 Å². The van der Waals surface area contributed by atoms with E-state index in [-0.39, 0.29) is 0 Å². The van der Waals surface area contributed by atoms with Crippen LogP contribution in [0.15, 0.2) is 59.8 Å². The van der Waals surface area contributed by atoms with Crippen molar-refractivity contribution in [2.75, 3.05) is 20.2 Å². The Labute approximate surface area is 159 Å². The van der Waals surface area contributed by atoms with Crippen molar-refractivity contribution in [2.45, 2.75) is 24.3 Å². The van der Waals surface area contributed by atoms with Crippen LogP contribution in [0.4, 0.5) is 0 Å². The van der Waals surface area contributed by atoms with Crippen LogP contribution in [0.5, 0.6) is 5.75 Å². The van der Waals surface area contributed by atoms with Gasteiger partial charge in [0.05, 0.1) is 29.4 Å². The van der Waals surface area contributed by atoms with Crippen LogP contribution in [0.1, 0.15) is 12.8 Å². The predicted molar refractivity (Wildman–Crippen MR) is 104 cm³/mol. The lowest BCUT2D eigenvalue weighted by Crippen LogP contribution is -2.39. The fourth-order valence-electron chi connectivity index (χ4n) is 3.66. The van der Waals surface area contributed by atoms with Crippen molar-refractivity contribution >= 4 is 21.1 Å². The van der Waals surface area contributed by atoms with Gasteiger partial charge in [-0.1, -0.05) is 12.1 Å². The number of hydrogen-bond donors (Lipinski definition) is 0. The predicted octanol–water partition coefficient (Wildman–Crippen LogP) is 3.15. The third kappa shape index (κ3) is 3.57. The molecule has 0 unspecified atom stereocenters. The lowest BCUT2D eigenvalue weighted by Gasteiger charge is -2.31. The molecule has 0 spiro atoms. The third-order valence-corrected chi connectivity index (χ3v) is 7.17. The van der Waals surface area contributed by atoms with Crippen molar-refractivity contribution in [3.63, 3.8) is 0 Å². The first kappa shape index (κ1) is 18.0. The number of imidazole rings is 1. The number of aromatic nitrogens is 2. The molecule has 7 heteroatoms. The summed E-state index contributed by atoms with van der Waals surface area (Å²) in [5.74, 6) is 1.10. The van der Waals surface area contributed by atoms with Crippen LogP contribution >= 0.6 is 0 Å². The minimum absolute atomic E-state index is 0.322. The number of benzene rings is 2. The van der Waals surface area contributed by atoms with E-state index in [9.17, 15) is 8.42 Å². The number of para-hydroxylation sites is 2. The van der Waals surface area contributed by atoms with Gasteiger partial charge in [0.15, 0.2) is 0 Å². The molecule has 0 radical (unpaired) electrons. The Hall–Kier alpha value is -2.38. The van der Waals surface area contributed by atoms with Gasteiger partial charge in [-0.25, -0.2) is 13.4 Å². The SMILES string of the molecule is COc1ccc(S(=O)(=O)N2CCC(Cn3cnc4ccccc43)CC2)cc1. The maximum absolute atomic E-state index is 12.9. The van der Waals surface area contributed by atoms with Gasteiger partial charge in [0.25, 0.3) is 0 Å². The summed E-state index contributed by atoms with van der Waals surface area (Å²) in [6.07, 6.45) is 3.58. The summed E-state index contributed by atoms with van der Waals surface area (Å²) >= 11 is 0. The fourth-order valence-corrected chi connectivity index (χ4v) is 5.13. The van der Waals surface area contributed by atoms with Crippen LogP contribution in [-0.2, 0) is 16.6 Å². The Morgan fingerprint density at radius 1 is 1.07 bits per heavy atom. The van der Waals surface area contributed by atoms with Crippen LogP contribution in [0.25, 0.3) is 11.0 Å². The number of sulfonamides is 1. The minimum Gasteiger partial charge on any atom is -0.497 e. The van der Waals surface area contributed by atoms with Crippen LogP contribution in [0.3, 0.4) is 0 Å². The van der Waals surface area contributed by atoms with Crippen LogP contribution in [0.2, 0.25) is 0 Å². The molecule has 0 N–H and O–H groups in total.